The molecule has 0 N–H and O–H groups in total. The summed E-state index contributed by atoms with van der Waals surface area (Å²) in [5.74, 6) is 0.336. The molecular weight excluding hydrogens is 278 g/mol. The molecule has 2 aliphatic rings. The van der Waals surface area contributed by atoms with Crippen molar-refractivity contribution in [1.82, 2.24) is 14.4 Å². The number of likely N-dealkylation sites (tertiary alicyclic amines) is 2. The first kappa shape index (κ1) is 15.1. The number of rotatable bonds is 2. The number of hydrogen-bond acceptors (Lipinski definition) is 2. The maximum absolute atomic E-state index is 12.8. The molecule has 0 radical (unpaired) electrons. The Balaban J connectivity index is 1.83. The third kappa shape index (κ3) is 2.42. The summed E-state index contributed by atoms with van der Waals surface area (Å²) in [7, 11) is 1.90. The van der Waals surface area contributed by atoms with E-state index in [1.165, 1.54) is 0 Å². The molecule has 2 amide bonds. The van der Waals surface area contributed by atoms with Crippen LogP contribution in [0.1, 0.15) is 49.5 Å². The van der Waals surface area contributed by atoms with Crippen LogP contribution in [0, 0.1) is 0 Å². The molecule has 2 aliphatic heterocycles. The molecule has 1 aromatic rings. The van der Waals surface area contributed by atoms with E-state index in [0.717, 1.165) is 44.5 Å². The number of piperidine rings is 2. The fourth-order valence-corrected chi connectivity index (χ4v) is 4.17. The molecule has 2 saturated heterocycles. The monoisotopic (exact) mass is 303 g/mol. The van der Waals surface area contributed by atoms with E-state index >= 15 is 0 Å². The molecule has 5 heteroatoms. The first-order chi connectivity index (χ1) is 10.6. The summed E-state index contributed by atoms with van der Waals surface area (Å²) in [6, 6.07) is 3.77. The van der Waals surface area contributed by atoms with Crippen molar-refractivity contribution in [3.05, 3.63) is 24.0 Å². The molecule has 3 rings (SSSR count). The summed E-state index contributed by atoms with van der Waals surface area (Å²) in [5, 5.41) is 0. The molecule has 1 aromatic heterocycles. The molecule has 0 bridgehead atoms. The highest BCUT2D eigenvalue weighted by atomic mass is 16.2. The van der Waals surface area contributed by atoms with Crippen LogP contribution in [0.3, 0.4) is 0 Å². The van der Waals surface area contributed by atoms with E-state index in [2.05, 4.69) is 0 Å². The summed E-state index contributed by atoms with van der Waals surface area (Å²) < 4.78 is 1.87. The van der Waals surface area contributed by atoms with Crippen LogP contribution in [0.5, 0.6) is 0 Å². The molecule has 2 fully saturated rings. The minimum absolute atomic E-state index is 0.0839. The molecule has 5 nitrogen and oxygen atoms in total. The second kappa shape index (κ2) is 5.78. The molecule has 0 saturated carbocycles. The average molecular weight is 303 g/mol. The van der Waals surface area contributed by atoms with Crippen LogP contribution in [0.2, 0.25) is 0 Å². The number of hydrogen-bond donors (Lipinski definition) is 0. The lowest BCUT2D eigenvalue weighted by Crippen LogP contribution is -2.63. The topological polar surface area (TPSA) is 45.6 Å². The summed E-state index contributed by atoms with van der Waals surface area (Å²) in [5.41, 5.74) is 0.589. The molecule has 0 aromatic carbocycles. The molecule has 22 heavy (non-hydrogen) atoms. The number of likely N-dealkylation sites (N-methyl/N-ethyl adjacent to an activating group) is 1. The van der Waals surface area contributed by atoms with Crippen molar-refractivity contribution >= 4 is 11.8 Å². The van der Waals surface area contributed by atoms with E-state index in [1.807, 2.05) is 46.7 Å². The lowest BCUT2D eigenvalue weighted by atomic mass is 9.79. The van der Waals surface area contributed by atoms with Crippen molar-refractivity contribution in [2.24, 2.45) is 7.05 Å². The predicted octanol–water partition coefficient (Wildman–Crippen LogP) is 2.03. The number of amides is 2. The minimum Gasteiger partial charge on any atom is -0.347 e. The lowest BCUT2D eigenvalue weighted by Gasteiger charge is -2.51. The van der Waals surface area contributed by atoms with Crippen molar-refractivity contribution in [2.45, 2.75) is 44.6 Å². The predicted molar refractivity (Wildman–Crippen MR) is 84.5 cm³/mol. The van der Waals surface area contributed by atoms with Crippen LogP contribution >= 0.6 is 0 Å². The SMILES string of the molecule is CCN1C(=O)CCCC12CCCN(C(=O)c1cccn1C)C2. The number of carbonyl (C=O) groups is 2. The standard InChI is InChI=1S/C17H25N3O2/c1-3-20-15(21)8-4-9-17(20)10-6-12-19(13-17)16(22)14-7-5-11-18(14)2/h5,7,11H,3-4,6,8-10,12-13H2,1-2H3. The molecule has 1 atom stereocenters. The zero-order chi connectivity index (χ0) is 15.7. The quantitative estimate of drug-likeness (QED) is 0.839. The van der Waals surface area contributed by atoms with Gasteiger partial charge in [0.1, 0.15) is 5.69 Å². The van der Waals surface area contributed by atoms with E-state index in [0.29, 0.717) is 13.0 Å². The Hall–Kier alpha value is -1.78. The maximum atomic E-state index is 12.8. The Morgan fingerprint density at radius 1 is 1.32 bits per heavy atom. The zero-order valence-electron chi connectivity index (χ0n) is 13.5. The number of aromatic nitrogens is 1. The second-order valence-corrected chi connectivity index (χ2v) is 6.55. The van der Waals surface area contributed by atoms with Crippen molar-refractivity contribution in [1.29, 1.82) is 0 Å². The highest BCUT2D eigenvalue weighted by molar-refractivity contribution is 5.93. The van der Waals surface area contributed by atoms with Gasteiger partial charge in [-0.1, -0.05) is 0 Å². The molecule has 0 aliphatic carbocycles. The van der Waals surface area contributed by atoms with Crippen LogP contribution in [0.4, 0.5) is 0 Å². The zero-order valence-corrected chi connectivity index (χ0v) is 13.5. The van der Waals surface area contributed by atoms with Crippen LogP contribution < -0.4 is 0 Å². The minimum atomic E-state index is -0.136. The van der Waals surface area contributed by atoms with Gasteiger partial charge in [-0.05, 0) is 44.7 Å². The van der Waals surface area contributed by atoms with Gasteiger partial charge in [0.25, 0.3) is 5.91 Å². The summed E-state index contributed by atoms with van der Waals surface area (Å²) in [4.78, 5) is 29.0. The maximum Gasteiger partial charge on any atom is 0.270 e. The first-order valence-electron chi connectivity index (χ1n) is 8.28. The largest absolute Gasteiger partial charge is 0.347 e. The highest BCUT2D eigenvalue weighted by Crippen LogP contribution is 2.36. The van der Waals surface area contributed by atoms with Gasteiger partial charge in [-0.2, -0.15) is 0 Å². The number of carbonyl (C=O) groups excluding carboxylic acids is 2. The van der Waals surface area contributed by atoms with E-state index < -0.39 is 0 Å². The fraction of sp³-hybridized carbons (Fsp3) is 0.647. The van der Waals surface area contributed by atoms with Gasteiger partial charge >= 0.3 is 0 Å². The molecule has 120 valence electrons. The van der Waals surface area contributed by atoms with E-state index in [1.54, 1.807) is 0 Å². The first-order valence-corrected chi connectivity index (χ1v) is 8.28. The molecular formula is C17H25N3O2. The normalized spacial score (nSPS) is 25.8. The van der Waals surface area contributed by atoms with E-state index in [4.69, 9.17) is 0 Å². The van der Waals surface area contributed by atoms with Gasteiger partial charge < -0.3 is 14.4 Å². The van der Waals surface area contributed by atoms with Crippen LogP contribution in [-0.4, -0.2) is 51.4 Å². The summed E-state index contributed by atoms with van der Waals surface area (Å²) in [6.45, 7) is 4.25. The van der Waals surface area contributed by atoms with Crippen LogP contribution in [0.25, 0.3) is 0 Å². The van der Waals surface area contributed by atoms with Crippen molar-refractivity contribution in [3.63, 3.8) is 0 Å². The molecule has 1 unspecified atom stereocenters. The Bertz CT molecular complexity index is 576. The van der Waals surface area contributed by atoms with Crippen molar-refractivity contribution in [2.75, 3.05) is 19.6 Å². The van der Waals surface area contributed by atoms with Crippen molar-refractivity contribution < 1.29 is 9.59 Å². The Morgan fingerprint density at radius 2 is 2.09 bits per heavy atom. The number of aryl methyl sites for hydroxylation is 1. The van der Waals surface area contributed by atoms with Crippen LogP contribution in [-0.2, 0) is 11.8 Å². The smallest absolute Gasteiger partial charge is 0.270 e. The third-order valence-electron chi connectivity index (χ3n) is 5.23. The van der Waals surface area contributed by atoms with Gasteiger partial charge in [-0.25, -0.2) is 0 Å². The Labute approximate surface area is 131 Å². The van der Waals surface area contributed by atoms with E-state index in [-0.39, 0.29) is 17.4 Å². The van der Waals surface area contributed by atoms with E-state index in [9.17, 15) is 9.59 Å². The van der Waals surface area contributed by atoms with Crippen molar-refractivity contribution in [3.8, 4) is 0 Å². The number of nitrogens with zero attached hydrogens (tertiary/aromatic N) is 3. The van der Waals surface area contributed by atoms with Gasteiger partial charge in [-0.3, -0.25) is 9.59 Å². The second-order valence-electron chi connectivity index (χ2n) is 6.55. The fourth-order valence-electron chi connectivity index (χ4n) is 4.17. The molecule has 1 spiro atoms. The van der Waals surface area contributed by atoms with Gasteiger partial charge in [-0.15, -0.1) is 0 Å². The molecule has 3 heterocycles. The van der Waals surface area contributed by atoms with Gasteiger partial charge in [0.05, 0.1) is 5.54 Å². The third-order valence-corrected chi connectivity index (χ3v) is 5.23. The van der Waals surface area contributed by atoms with Crippen LogP contribution in [0.15, 0.2) is 18.3 Å². The Morgan fingerprint density at radius 3 is 2.77 bits per heavy atom. The summed E-state index contributed by atoms with van der Waals surface area (Å²) >= 11 is 0. The Kier molecular flexibility index (Phi) is 3.98. The average Bonchev–Trinajstić information content (AvgIpc) is 2.93. The van der Waals surface area contributed by atoms with Gasteiger partial charge in [0.2, 0.25) is 5.91 Å². The highest BCUT2D eigenvalue weighted by Gasteiger charge is 2.45. The summed E-state index contributed by atoms with van der Waals surface area (Å²) in [6.07, 6.45) is 6.51. The van der Waals surface area contributed by atoms with Gasteiger partial charge in [0.15, 0.2) is 0 Å². The lowest BCUT2D eigenvalue weighted by molar-refractivity contribution is -0.144. The van der Waals surface area contributed by atoms with Gasteiger partial charge in [0, 0.05) is 39.3 Å².